The van der Waals surface area contributed by atoms with Crippen LogP contribution < -0.4 is 4.74 Å². The maximum absolute atomic E-state index is 11.0. The number of halogens is 1. The predicted octanol–water partition coefficient (Wildman–Crippen LogP) is 4.10. The zero-order valence-corrected chi connectivity index (χ0v) is 13.7. The van der Waals surface area contributed by atoms with Gasteiger partial charge in [0.1, 0.15) is 5.75 Å². The highest BCUT2D eigenvalue weighted by atomic mass is 79.9. The molecule has 4 nitrogen and oxygen atoms in total. The first kappa shape index (κ1) is 14.7. The number of amides is 1. The summed E-state index contributed by atoms with van der Waals surface area (Å²) in [6.07, 6.45) is 3.56. The Hall–Kier alpha value is -1.23. The van der Waals surface area contributed by atoms with Gasteiger partial charge in [-0.1, -0.05) is 15.9 Å². The van der Waals surface area contributed by atoms with Crippen LogP contribution in [0.5, 0.6) is 5.75 Å². The fraction of sp³-hybridized carbons (Fsp3) is 0.562. The van der Waals surface area contributed by atoms with E-state index in [1.165, 1.54) is 18.4 Å². The van der Waals surface area contributed by atoms with E-state index in [4.69, 9.17) is 9.84 Å². The topological polar surface area (TPSA) is 49.8 Å². The molecule has 1 aliphatic carbocycles. The van der Waals surface area contributed by atoms with Crippen molar-refractivity contribution in [1.29, 1.82) is 0 Å². The third-order valence-corrected chi connectivity index (χ3v) is 5.51. The van der Waals surface area contributed by atoms with Crippen LogP contribution in [0.2, 0.25) is 0 Å². The van der Waals surface area contributed by atoms with Gasteiger partial charge in [0.2, 0.25) is 0 Å². The molecule has 5 heteroatoms. The third-order valence-electron chi connectivity index (χ3n) is 5.05. The van der Waals surface area contributed by atoms with Crippen LogP contribution in [0.3, 0.4) is 0 Å². The minimum atomic E-state index is -0.780. The van der Waals surface area contributed by atoms with Crippen molar-refractivity contribution in [3.8, 4) is 5.75 Å². The number of methoxy groups -OCH3 is 1. The van der Waals surface area contributed by atoms with E-state index in [0.29, 0.717) is 24.4 Å². The van der Waals surface area contributed by atoms with Gasteiger partial charge in [0.15, 0.2) is 0 Å². The van der Waals surface area contributed by atoms with E-state index >= 15 is 0 Å². The molecule has 0 bridgehead atoms. The minimum absolute atomic E-state index is 0.367. The molecule has 0 aromatic heterocycles. The summed E-state index contributed by atoms with van der Waals surface area (Å²) in [7, 11) is 1.69. The van der Waals surface area contributed by atoms with E-state index in [2.05, 4.69) is 28.1 Å². The largest absolute Gasteiger partial charge is 0.497 e. The summed E-state index contributed by atoms with van der Waals surface area (Å²) in [6, 6.07) is 6.27. The molecule has 1 aromatic carbocycles. The lowest BCUT2D eigenvalue weighted by atomic mass is 9.56. The van der Waals surface area contributed by atoms with Gasteiger partial charge < -0.3 is 14.7 Å². The molecular weight excluding hydrogens is 334 g/mol. The van der Waals surface area contributed by atoms with Gasteiger partial charge in [0, 0.05) is 17.6 Å². The molecule has 1 saturated heterocycles. The highest BCUT2D eigenvalue weighted by Gasteiger charge is 2.46. The normalized spacial score (nSPS) is 21.1. The molecule has 1 aromatic rings. The fourth-order valence-corrected chi connectivity index (χ4v) is 4.23. The van der Waals surface area contributed by atoms with Gasteiger partial charge in [-0.3, -0.25) is 0 Å². The monoisotopic (exact) mass is 353 g/mol. The van der Waals surface area contributed by atoms with Crippen molar-refractivity contribution in [3.63, 3.8) is 0 Å². The van der Waals surface area contributed by atoms with E-state index in [-0.39, 0.29) is 0 Å². The molecule has 0 unspecified atom stereocenters. The number of piperidine rings is 1. The molecule has 2 aliphatic rings. The van der Waals surface area contributed by atoms with Gasteiger partial charge in [-0.05, 0) is 60.8 Å². The highest BCUT2D eigenvalue weighted by molar-refractivity contribution is 9.10. The summed E-state index contributed by atoms with van der Waals surface area (Å²) >= 11 is 3.53. The summed E-state index contributed by atoms with van der Waals surface area (Å²) in [5.74, 6) is 1.47. The number of carboxylic acid groups (broad SMARTS) is 1. The van der Waals surface area contributed by atoms with Crippen molar-refractivity contribution in [2.24, 2.45) is 5.41 Å². The molecule has 114 valence electrons. The average molecular weight is 354 g/mol. The number of rotatable bonds is 2. The van der Waals surface area contributed by atoms with E-state index in [1.54, 1.807) is 12.0 Å². The van der Waals surface area contributed by atoms with Gasteiger partial charge in [-0.15, -0.1) is 0 Å². The summed E-state index contributed by atoms with van der Waals surface area (Å²) in [6.45, 7) is 1.37. The van der Waals surface area contributed by atoms with Crippen LogP contribution in [0.4, 0.5) is 4.79 Å². The molecule has 1 amide bonds. The number of nitrogens with zero attached hydrogens (tertiary/aromatic N) is 1. The van der Waals surface area contributed by atoms with Crippen LogP contribution in [-0.2, 0) is 0 Å². The molecule has 3 rings (SSSR count). The molecule has 21 heavy (non-hydrogen) atoms. The van der Waals surface area contributed by atoms with Crippen molar-refractivity contribution >= 4 is 22.0 Å². The summed E-state index contributed by atoms with van der Waals surface area (Å²) < 4.78 is 6.38. The maximum Gasteiger partial charge on any atom is 0.407 e. The molecule has 1 heterocycles. The number of likely N-dealkylation sites (tertiary alicyclic amines) is 1. The lowest BCUT2D eigenvalue weighted by molar-refractivity contribution is 0.0188. The second-order valence-corrected chi connectivity index (χ2v) is 7.21. The molecule has 0 radical (unpaired) electrons. The first-order valence-corrected chi connectivity index (χ1v) is 8.13. The number of carbonyl (C=O) groups is 1. The zero-order chi connectivity index (χ0) is 15.0. The number of hydrogen-bond donors (Lipinski definition) is 1. The van der Waals surface area contributed by atoms with Crippen molar-refractivity contribution < 1.29 is 14.6 Å². The van der Waals surface area contributed by atoms with E-state index in [9.17, 15) is 4.79 Å². The van der Waals surface area contributed by atoms with E-state index < -0.39 is 6.09 Å². The van der Waals surface area contributed by atoms with E-state index in [1.807, 2.05) is 6.07 Å². The molecule has 0 atom stereocenters. The summed E-state index contributed by atoms with van der Waals surface area (Å²) in [4.78, 5) is 12.5. The Morgan fingerprint density at radius 1 is 1.33 bits per heavy atom. The Labute approximate surface area is 133 Å². The lowest BCUT2D eigenvalue weighted by Gasteiger charge is -2.52. The summed E-state index contributed by atoms with van der Waals surface area (Å²) in [5.41, 5.74) is 1.69. The SMILES string of the molecule is COc1cc(Br)cc(C2CC3(CCN(C(=O)O)CC3)C2)c1. The van der Waals surface area contributed by atoms with Gasteiger partial charge in [-0.25, -0.2) is 4.79 Å². The standard InChI is InChI=1S/C16H20BrNO3/c1-21-14-7-11(6-13(17)8-14)12-9-16(10-12)2-4-18(5-3-16)15(19)20/h6-8,12H,2-5,9-10H2,1H3,(H,19,20). The first-order valence-electron chi connectivity index (χ1n) is 7.34. The van der Waals surface area contributed by atoms with Gasteiger partial charge in [0.05, 0.1) is 7.11 Å². The second kappa shape index (κ2) is 5.52. The Morgan fingerprint density at radius 2 is 2.00 bits per heavy atom. The maximum atomic E-state index is 11.0. The molecule has 1 aliphatic heterocycles. The third kappa shape index (κ3) is 2.89. The van der Waals surface area contributed by atoms with Crippen molar-refractivity contribution in [2.75, 3.05) is 20.2 Å². The number of ether oxygens (including phenoxy) is 1. The van der Waals surface area contributed by atoms with Gasteiger partial charge in [-0.2, -0.15) is 0 Å². The van der Waals surface area contributed by atoms with E-state index in [0.717, 1.165) is 23.1 Å². The van der Waals surface area contributed by atoms with Crippen LogP contribution in [-0.4, -0.2) is 36.3 Å². The van der Waals surface area contributed by atoms with Crippen molar-refractivity contribution in [3.05, 3.63) is 28.2 Å². The van der Waals surface area contributed by atoms with Gasteiger partial charge >= 0.3 is 6.09 Å². The predicted molar refractivity (Wildman–Crippen MR) is 83.9 cm³/mol. The zero-order valence-electron chi connectivity index (χ0n) is 12.1. The smallest absolute Gasteiger partial charge is 0.407 e. The Balaban J connectivity index is 1.63. The minimum Gasteiger partial charge on any atom is -0.497 e. The second-order valence-electron chi connectivity index (χ2n) is 6.30. The van der Waals surface area contributed by atoms with Gasteiger partial charge in [0.25, 0.3) is 0 Å². The lowest BCUT2D eigenvalue weighted by Crippen LogP contribution is -2.47. The summed E-state index contributed by atoms with van der Waals surface area (Å²) in [5, 5.41) is 9.02. The average Bonchev–Trinajstić information content (AvgIpc) is 2.44. The first-order chi connectivity index (χ1) is 10.0. The van der Waals surface area contributed by atoms with Crippen LogP contribution >= 0.6 is 15.9 Å². The Morgan fingerprint density at radius 3 is 2.57 bits per heavy atom. The highest BCUT2D eigenvalue weighted by Crippen LogP contribution is 2.57. The van der Waals surface area contributed by atoms with Crippen LogP contribution in [0.1, 0.15) is 37.2 Å². The molecule has 1 saturated carbocycles. The van der Waals surface area contributed by atoms with Crippen LogP contribution in [0.15, 0.2) is 22.7 Å². The fourth-order valence-electron chi connectivity index (χ4n) is 3.74. The van der Waals surface area contributed by atoms with Crippen LogP contribution in [0, 0.1) is 5.41 Å². The molecule has 2 fully saturated rings. The Bertz CT molecular complexity index is 544. The van der Waals surface area contributed by atoms with Crippen molar-refractivity contribution in [1.82, 2.24) is 4.90 Å². The molecular formula is C16H20BrNO3. The molecule has 1 N–H and O–H groups in total. The molecule has 1 spiro atoms. The quantitative estimate of drug-likeness (QED) is 0.870. The van der Waals surface area contributed by atoms with Crippen LogP contribution in [0.25, 0.3) is 0 Å². The Kier molecular flexibility index (Phi) is 3.86. The number of hydrogen-bond acceptors (Lipinski definition) is 2. The number of benzene rings is 1. The van der Waals surface area contributed by atoms with Crippen molar-refractivity contribution in [2.45, 2.75) is 31.6 Å².